The fraction of sp³-hybridized carbons (Fsp3) is 0.875. The van der Waals surface area contributed by atoms with Gasteiger partial charge in [0.15, 0.2) is 0 Å². The molecule has 0 aromatic carbocycles. The third kappa shape index (κ3) is 4.86. The number of alkyl halides is 1. The lowest BCUT2D eigenvalue weighted by molar-refractivity contribution is 0.585. The lowest BCUT2D eigenvalue weighted by Gasteiger charge is -2.52. The van der Waals surface area contributed by atoms with Gasteiger partial charge in [0.1, 0.15) is 0 Å². The van der Waals surface area contributed by atoms with E-state index in [1.54, 1.807) is 0 Å². The van der Waals surface area contributed by atoms with Gasteiger partial charge < -0.3 is 0 Å². The maximum absolute atomic E-state index is 6.72. The average Bonchev–Trinajstić information content (AvgIpc) is 2.07. The highest BCUT2D eigenvalue weighted by Crippen LogP contribution is 2.68. The van der Waals surface area contributed by atoms with Gasteiger partial charge in [0.05, 0.1) is 0 Å². The summed E-state index contributed by atoms with van der Waals surface area (Å²) in [5, 5.41) is 1.02. The molecule has 108 valence electrons. The number of halogens is 1. The van der Waals surface area contributed by atoms with Crippen LogP contribution in [0, 0.1) is 0 Å². The van der Waals surface area contributed by atoms with Crippen molar-refractivity contribution >= 4 is 19.5 Å². The van der Waals surface area contributed by atoms with Crippen LogP contribution in [0.15, 0.2) is 12.2 Å². The zero-order chi connectivity index (χ0) is 14.8. The molecule has 0 spiro atoms. The fourth-order valence-corrected chi connectivity index (χ4v) is 9.67. The van der Waals surface area contributed by atoms with Gasteiger partial charge in [0.2, 0.25) is 0 Å². The average molecular weight is 291 g/mol. The first-order chi connectivity index (χ1) is 7.85. The molecule has 2 heteroatoms. The Morgan fingerprint density at radius 1 is 0.944 bits per heavy atom. The maximum Gasteiger partial charge on any atom is 0.0460 e. The van der Waals surface area contributed by atoms with Gasteiger partial charge in [-0.3, -0.25) is 0 Å². The van der Waals surface area contributed by atoms with Crippen LogP contribution in [0.25, 0.3) is 0 Å². The van der Waals surface area contributed by atoms with Crippen LogP contribution in [0.3, 0.4) is 0 Å². The SMILES string of the molecule is CC=CCC(Cl)C(C)(C)P(C(C)(C)C)C(C)(C)C. The van der Waals surface area contributed by atoms with Crippen molar-refractivity contribution in [3.63, 3.8) is 0 Å². The van der Waals surface area contributed by atoms with E-state index in [0.29, 0.717) is 10.3 Å². The Bertz CT molecular complexity index is 264. The van der Waals surface area contributed by atoms with Gasteiger partial charge in [-0.1, -0.05) is 75.5 Å². The number of hydrogen-bond acceptors (Lipinski definition) is 0. The number of hydrogen-bond donors (Lipinski definition) is 0. The molecule has 0 rings (SSSR count). The second kappa shape index (κ2) is 6.27. The van der Waals surface area contributed by atoms with Crippen molar-refractivity contribution in [2.45, 2.75) is 89.6 Å². The third-order valence-corrected chi connectivity index (χ3v) is 8.29. The van der Waals surface area contributed by atoms with Gasteiger partial charge in [0, 0.05) is 10.5 Å². The summed E-state index contributed by atoms with van der Waals surface area (Å²) in [6, 6.07) is 0. The van der Waals surface area contributed by atoms with Crippen LogP contribution in [0.5, 0.6) is 0 Å². The quantitative estimate of drug-likeness (QED) is 0.318. The molecule has 0 bridgehead atoms. The molecule has 0 aliphatic carbocycles. The molecule has 0 aromatic rings. The van der Waals surface area contributed by atoms with Crippen LogP contribution in [-0.2, 0) is 0 Å². The van der Waals surface area contributed by atoms with E-state index in [-0.39, 0.29) is 18.5 Å². The van der Waals surface area contributed by atoms with Crippen molar-refractivity contribution in [1.29, 1.82) is 0 Å². The first-order valence-electron chi connectivity index (χ1n) is 6.90. The zero-order valence-electron chi connectivity index (χ0n) is 13.8. The molecule has 0 amide bonds. The summed E-state index contributed by atoms with van der Waals surface area (Å²) in [7, 11) is -0.208. The molecule has 0 heterocycles. The summed E-state index contributed by atoms with van der Waals surface area (Å²) < 4.78 is 0. The van der Waals surface area contributed by atoms with E-state index < -0.39 is 0 Å². The molecule has 0 radical (unpaired) electrons. The second-order valence-electron chi connectivity index (χ2n) is 7.60. The largest absolute Gasteiger partial charge is 0.122 e. The Hall–Kier alpha value is 0.460. The van der Waals surface area contributed by atoms with E-state index in [1.807, 2.05) is 0 Å². The highest BCUT2D eigenvalue weighted by Gasteiger charge is 2.47. The Balaban J connectivity index is 5.34. The summed E-state index contributed by atoms with van der Waals surface area (Å²) in [6.45, 7) is 21.0. The van der Waals surface area contributed by atoms with Crippen molar-refractivity contribution in [2.75, 3.05) is 0 Å². The van der Waals surface area contributed by atoms with Crippen LogP contribution in [-0.4, -0.2) is 20.8 Å². The minimum atomic E-state index is -0.208. The summed E-state index contributed by atoms with van der Waals surface area (Å²) in [4.78, 5) is 0. The van der Waals surface area contributed by atoms with Crippen LogP contribution >= 0.6 is 19.5 Å². The Morgan fingerprint density at radius 3 is 1.61 bits per heavy atom. The predicted octanol–water partition coefficient (Wildman–Crippen LogP) is 6.42. The molecule has 1 atom stereocenters. The molecule has 0 nitrogen and oxygen atoms in total. The van der Waals surface area contributed by atoms with Crippen molar-refractivity contribution in [2.24, 2.45) is 0 Å². The molecule has 0 N–H and O–H groups in total. The van der Waals surface area contributed by atoms with E-state index >= 15 is 0 Å². The van der Waals surface area contributed by atoms with Gasteiger partial charge in [-0.15, -0.1) is 11.6 Å². The highest BCUT2D eigenvalue weighted by atomic mass is 35.5. The van der Waals surface area contributed by atoms with E-state index in [2.05, 4.69) is 74.5 Å². The molecule has 0 aromatic heterocycles. The first kappa shape index (κ1) is 18.5. The summed E-state index contributed by atoms with van der Waals surface area (Å²) in [5.74, 6) is 0. The molecular weight excluding hydrogens is 259 g/mol. The minimum absolute atomic E-state index is 0.174. The van der Waals surface area contributed by atoms with E-state index in [4.69, 9.17) is 11.6 Å². The fourth-order valence-electron chi connectivity index (χ4n) is 3.42. The van der Waals surface area contributed by atoms with Crippen molar-refractivity contribution < 1.29 is 0 Å². The van der Waals surface area contributed by atoms with Gasteiger partial charge >= 0.3 is 0 Å². The normalized spacial score (nSPS) is 16.6. The zero-order valence-corrected chi connectivity index (χ0v) is 15.4. The van der Waals surface area contributed by atoms with Gasteiger partial charge in [-0.25, -0.2) is 0 Å². The summed E-state index contributed by atoms with van der Waals surface area (Å²) in [6.07, 6.45) is 5.26. The second-order valence-corrected chi connectivity index (χ2v) is 12.6. The van der Waals surface area contributed by atoms with Gasteiger partial charge in [-0.2, -0.15) is 0 Å². The van der Waals surface area contributed by atoms with Crippen molar-refractivity contribution in [3.8, 4) is 0 Å². The van der Waals surface area contributed by atoms with Gasteiger partial charge in [-0.05, 0) is 23.7 Å². The summed E-state index contributed by atoms with van der Waals surface area (Å²) >= 11 is 6.72. The smallest absolute Gasteiger partial charge is 0.0460 e. The van der Waals surface area contributed by atoms with Crippen LogP contribution < -0.4 is 0 Å². The standard InChI is InChI=1S/C16H32ClP/c1-10-11-12-13(17)16(8,9)18(14(2,3)4)15(5,6)7/h10-11,13H,12H2,1-9H3. The Morgan fingerprint density at radius 2 is 1.33 bits per heavy atom. The molecule has 18 heavy (non-hydrogen) atoms. The van der Waals surface area contributed by atoms with E-state index in [1.165, 1.54) is 0 Å². The monoisotopic (exact) mass is 290 g/mol. The first-order valence-corrected chi connectivity index (χ1v) is 8.68. The van der Waals surface area contributed by atoms with E-state index in [9.17, 15) is 0 Å². The topological polar surface area (TPSA) is 0 Å². The lowest BCUT2D eigenvalue weighted by Crippen LogP contribution is -2.42. The predicted molar refractivity (Wildman–Crippen MR) is 89.6 cm³/mol. The number of allylic oxidation sites excluding steroid dienone is 2. The number of rotatable bonds is 4. The van der Waals surface area contributed by atoms with Crippen LogP contribution in [0.4, 0.5) is 0 Å². The Kier molecular flexibility index (Phi) is 6.43. The Labute approximate surface area is 121 Å². The molecule has 0 aliphatic rings. The molecule has 0 saturated heterocycles. The molecule has 0 aliphatic heterocycles. The minimum Gasteiger partial charge on any atom is -0.122 e. The highest BCUT2D eigenvalue weighted by molar-refractivity contribution is 7.62. The van der Waals surface area contributed by atoms with Crippen LogP contribution in [0.2, 0.25) is 0 Å². The molecular formula is C16H32ClP. The molecule has 0 saturated carbocycles. The van der Waals surface area contributed by atoms with Crippen LogP contribution in [0.1, 0.15) is 68.7 Å². The van der Waals surface area contributed by atoms with E-state index in [0.717, 1.165) is 6.42 Å². The molecule has 0 fully saturated rings. The van der Waals surface area contributed by atoms with Crippen molar-refractivity contribution in [3.05, 3.63) is 12.2 Å². The molecule has 1 unspecified atom stereocenters. The van der Waals surface area contributed by atoms with Gasteiger partial charge in [0.25, 0.3) is 0 Å². The lowest BCUT2D eigenvalue weighted by atomic mass is 10.1. The third-order valence-electron chi connectivity index (χ3n) is 3.26. The summed E-state index contributed by atoms with van der Waals surface area (Å²) in [5.41, 5.74) is 0. The van der Waals surface area contributed by atoms with Crippen molar-refractivity contribution in [1.82, 2.24) is 0 Å². The maximum atomic E-state index is 6.72.